The summed E-state index contributed by atoms with van der Waals surface area (Å²) in [6, 6.07) is 15.3. The summed E-state index contributed by atoms with van der Waals surface area (Å²) < 4.78 is 64.0. The minimum Gasteiger partial charge on any atom is -0.497 e. The Morgan fingerprint density at radius 3 is 2.42 bits per heavy atom. The Labute approximate surface area is 303 Å². The van der Waals surface area contributed by atoms with E-state index in [4.69, 9.17) is 24.0 Å². The van der Waals surface area contributed by atoms with Crippen molar-refractivity contribution in [2.75, 3.05) is 44.5 Å². The Hall–Kier alpha value is -5.90. The zero-order valence-corrected chi connectivity index (χ0v) is 29.7. The number of nitrogens with one attached hydrogen (secondary N) is 2. The first kappa shape index (κ1) is 36.9. The van der Waals surface area contributed by atoms with Crippen LogP contribution >= 0.6 is 0 Å². The molecular weight excluding hydrogens is 695 g/mol. The lowest BCUT2D eigenvalue weighted by Crippen LogP contribution is -2.44. The van der Waals surface area contributed by atoms with Gasteiger partial charge in [-0.15, -0.1) is 0 Å². The molecule has 2 amide bonds. The van der Waals surface area contributed by atoms with E-state index in [0.717, 1.165) is 23.9 Å². The lowest BCUT2D eigenvalue weighted by Gasteiger charge is -2.33. The van der Waals surface area contributed by atoms with Gasteiger partial charge in [0.25, 0.3) is 5.91 Å². The summed E-state index contributed by atoms with van der Waals surface area (Å²) in [7, 11) is 3.15. The summed E-state index contributed by atoms with van der Waals surface area (Å²) in [5.41, 5.74) is 1.11. The van der Waals surface area contributed by atoms with E-state index in [0.29, 0.717) is 52.7 Å². The SMILES string of the molecule is COc1ccc(CNc2nccc3c(C4CN(C(=O)OC(C)(C)C)CCO4)nn(-c4ccc(C(=O)Nc5cc(C(F)(F)F)ccn5)cc4)c23)c(OC)c1. The number of morpholine rings is 1. The van der Waals surface area contributed by atoms with Crippen molar-refractivity contribution in [3.05, 3.63) is 95.4 Å². The van der Waals surface area contributed by atoms with Crippen molar-refractivity contribution < 1.29 is 41.7 Å². The molecule has 1 fully saturated rings. The van der Waals surface area contributed by atoms with Crippen molar-refractivity contribution in [1.29, 1.82) is 0 Å². The highest BCUT2D eigenvalue weighted by Crippen LogP contribution is 2.35. The van der Waals surface area contributed by atoms with Crippen LogP contribution in [0.3, 0.4) is 0 Å². The van der Waals surface area contributed by atoms with E-state index in [-0.39, 0.29) is 24.5 Å². The Balaban J connectivity index is 1.34. The van der Waals surface area contributed by atoms with Crippen LogP contribution in [-0.2, 0) is 22.2 Å². The highest BCUT2D eigenvalue weighted by Gasteiger charge is 2.33. The number of hydrogen-bond donors (Lipinski definition) is 2. The summed E-state index contributed by atoms with van der Waals surface area (Å²) in [5.74, 6) is 0.857. The summed E-state index contributed by atoms with van der Waals surface area (Å²) in [6.45, 7) is 6.54. The van der Waals surface area contributed by atoms with Crippen LogP contribution in [-0.4, -0.2) is 76.2 Å². The monoisotopic (exact) mass is 733 g/mol. The summed E-state index contributed by atoms with van der Waals surface area (Å²) in [4.78, 5) is 36.1. The third-order valence-corrected chi connectivity index (χ3v) is 8.29. The van der Waals surface area contributed by atoms with E-state index in [9.17, 15) is 22.8 Å². The smallest absolute Gasteiger partial charge is 0.416 e. The minimum absolute atomic E-state index is 0.177. The summed E-state index contributed by atoms with van der Waals surface area (Å²) in [5, 5.41) is 11.5. The number of hydrogen-bond acceptors (Lipinski definition) is 10. The molecule has 1 atom stereocenters. The van der Waals surface area contributed by atoms with Gasteiger partial charge in [-0.25, -0.2) is 19.4 Å². The summed E-state index contributed by atoms with van der Waals surface area (Å²) >= 11 is 0. The topological polar surface area (TPSA) is 142 Å². The molecule has 1 aliphatic rings. The highest BCUT2D eigenvalue weighted by molar-refractivity contribution is 6.04. The average Bonchev–Trinajstić information content (AvgIpc) is 3.53. The van der Waals surface area contributed by atoms with E-state index in [1.807, 2.05) is 18.2 Å². The van der Waals surface area contributed by atoms with Crippen LogP contribution in [0.1, 0.15) is 54.1 Å². The van der Waals surface area contributed by atoms with Crippen LogP contribution in [0.4, 0.5) is 29.6 Å². The maximum absolute atomic E-state index is 13.2. The van der Waals surface area contributed by atoms with E-state index >= 15 is 0 Å². The fourth-order valence-corrected chi connectivity index (χ4v) is 5.74. The van der Waals surface area contributed by atoms with E-state index in [1.54, 1.807) is 69.0 Å². The van der Waals surface area contributed by atoms with Crippen molar-refractivity contribution >= 4 is 34.5 Å². The molecule has 1 saturated heterocycles. The van der Waals surface area contributed by atoms with Crippen molar-refractivity contribution in [1.82, 2.24) is 24.6 Å². The standard InChI is InChI=1S/C37H38F3N7O6/c1-36(2,3)53-35(49)46-16-17-52-29(21-46)31-27-13-15-42-33(43-20-23-8-11-26(50-4)19-28(23)51-5)32(27)47(45-31)25-9-6-22(7-10-25)34(48)44-30-18-24(12-14-41-30)37(38,39)40/h6-15,18-19,29H,16-17,20-21H2,1-5H3,(H,42,43)(H,41,44,48). The predicted octanol–water partition coefficient (Wildman–Crippen LogP) is 7.02. The molecule has 5 aromatic rings. The Morgan fingerprint density at radius 2 is 1.72 bits per heavy atom. The largest absolute Gasteiger partial charge is 0.497 e. The van der Waals surface area contributed by atoms with E-state index in [1.165, 1.54) is 12.1 Å². The second-order valence-corrected chi connectivity index (χ2v) is 13.1. The lowest BCUT2D eigenvalue weighted by molar-refractivity contribution is -0.137. The first-order chi connectivity index (χ1) is 25.2. The number of amides is 2. The number of halogens is 3. The number of aromatic nitrogens is 4. The normalized spacial score (nSPS) is 14.9. The number of alkyl halides is 3. The molecule has 2 aromatic carbocycles. The number of carbonyl (C=O) groups excluding carboxylic acids is 2. The van der Waals surface area contributed by atoms with Crippen molar-refractivity contribution in [3.8, 4) is 17.2 Å². The first-order valence-corrected chi connectivity index (χ1v) is 16.6. The van der Waals surface area contributed by atoms with Crippen LogP contribution in [0.5, 0.6) is 11.5 Å². The van der Waals surface area contributed by atoms with Gasteiger partial charge in [-0.05, 0) is 75.4 Å². The number of fused-ring (bicyclic) bond motifs is 1. The Bertz CT molecular complexity index is 2120. The highest BCUT2D eigenvalue weighted by atomic mass is 19.4. The number of nitrogens with zero attached hydrogens (tertiary/aromatic N) is 5. The molecule has 0 aliphatic carbocycles. The van der Waals surface area contributed by atoms with Crippen molar-refractivity contribution in [2.45, 2.75) is 45.2 Å². The van der Waals surface area contributed by atoms with Gasteiger partial charge in [-0.3, -0.25) is 4.79 Å². The van der Waals surface area contributed by atoms with Crippen LogP contribution in [0.25, 0.3) is 16.6 Å². The van der Waals surface area contributed by atoms with Gasteiger partial charge in [0.05, 0.1) is 38.6 Å². The fourth-order valence-electron chi connectivity index (χ4n) is 5.74. The zero-order valence-electron chi connectivity index (χ0n) is 29.7. The molecule has 278 valence electrons. The van der Waals surface area contributed by atoms with Crippen molar-refractivity contribution in [3.63, 3.8) is 0 Å². The summed E-state index contributed by atoms with van der Waals surface area (Å²) in [6.07, 6.45) is -3.03. The molecule has 2 N–H and O–H groups in total. The molecule has 6 rings (SSSR count). The van der Waals surface area contributed by atoms with E-state index in [2.05, 4.69) is 20.6 Å². The van der Waals surface area contributed by atoms with Crippen LogP contribution in [0.2, 0.25) is 0 Å². The molecule has 0 spiro atoms. The Kier molecular flexibility index (Phi) is 10.4. The quantitative estimate of drug-likeness (QED) is 0.162. The molecule has 13 nitrogen and oxygen atoms in total. The molecular formula is C37H38F3N7O6. The van der Waals surface area contributed by atoms with Gasteiger partial charge in [0.2, 0.25) is 0 Å². The Morgan fingerprint density at radius 1 is 0.962 bits per heavy atom. The van der Waals surface area contributed by atoms with Crippen molar-refractivity contribution in [2.24, 2.45) is 0 Å². The van der Waals surface area contributed by atoms with Crippen LogP contribution in [0.15, 0.2) is 73.1 Å². The molecule has 0 radical (unpaired) electrons. The van der Waals surface area contributed by atoms with Crippen LogP contribution in [0, 0.1) is 0 Å². The number of anilines is 2. The maximum Gasteiger partial charge on any atom is 0.416 e. The number of methoxy groups -OCH3 is 2. The number of ether oxygens (including phenoxy) is 4. The average molecular weight is 734 g/mol. The van der Waals surface area contributed by atoms with Gasteiger partial charge in [-0.2, -0.15) is 18.3 Å². The fraction of sp³-hybridized carbons (Fsp3) is 0.324. The number of rotatable bonds is 9. The molecule has 3 aromatic heterocycles. The number of pyridine rings is 2. The second kappa shape index (κ2) is 15.0. The molecule has 16 heteroatoms. The molecule has 1 unspecified atom stereocenters. The van der Waals surface area contributed by atoms with Gasteiger partial charge >= 0.3 is 12.3 Å². The molecule has 1 aliphatic heterocycles. The van der Waals surface area contributed by atoms with Gasteiger partial charge in [-0.1, -0.05) is 0 Å². The maximum atomic E-state index is 13.2. The third-order valence-electron chi connectivity index (χ3n) is 8.29. The number of carbonyl (C=O) groups is 2. The van der Waals surface area contributed by atoms with Crippen LogP contribution < -0.4 is 20.1 Å². The van der Waals surface area contributed by atoms with E-state index < -0.39 is 35.4 Å². The second-order valence-electron chi connectivity index (χ2n) is 13.1. The molecule has 53 heavy (non-hydrogen) atoms. The molecule has 0 saturated carbocycles. The van der Waals surface area contributed by atoms with Gasteiger partial charge in [0.1, 0.15) is 40.2 Å². The lowest BCUT2D eigenvalue weighted by atomic mass is 10.1. The van der Waals surface area contributed by atoms with Gasteiger partial charge < -0.3 is 34.5 Å². The molecule has 4 heterocycles. The minimum atomic E-state index is -4.59. The third kappa shape index (κ3) is 8.43. The number of benzene rings is 2. The predicted molar refractivity (Wildman–Crippen MR) is 189 cm³/mol. The first-order valence-electron chi connectivity index (χ1n) is 16.6. The zero-order chi connectivity index (χ0) is 37.9. The van der Waals surface area contributed by atoms with Gasteiger partial charge in [0.15, 0.2) is 5.82 Å². The van der Waals surface area contributed by atoms with Gasteiger partial charge in [0, 0.05) is 48.1 Å². The molecule has 0 bridgehead atoms.